The third-order valence-corrected chi connectivity index (χ3v) is 7.55. The van der Waals surface area contributed by atoms with E-state index in [1.165, 1.54) is 6.07 Å². The van der Waals surface area contributed by atoms with Gasteiger partial charge in [0, 0.05) is 6.61 Å². The largest absolute Gasteiger partial charge is 0.416 e. The number of aromatic nitrogens is 2. The van der Waals surface area contributed by atoms with Crippen molar-refractivity contribution >= 4 is 25.8 Å². The summed E-state index contributed by atoms with van der Waals surface area (Å²) in [6.07, 6.45) is -4.84. The number of rotatable bonds is 3. The van der Waals surface area contributed by atoms with Gasteiger partial charge in [-0.25, -0.2) is 8.42 Å². The van der Waals surface area contributed by atoms with Crippen LogP contribution in [0.25, 0.3) is 0 Å². The number of nitrogens with zero attached hydrogens (tertiary/aromatic N) is 1. The number of halogens is 4. The maximum atomic E-state index is 13.1. The van der Waals surface area contributed by atoms with E-state index in [0.29, 0.717) is 16.4 Å². The first-order valence-electron chi connectivity index (χ1n) is 7.77. The van der Waals surface area contributed by atoms with E-state index in [2.05, 4.69) is 26.1 Å². The highest BCUT2D eigenvalue weighted by molar-refractivity contribution is 9.10. The topological polar surface area (TPSA) is 72.1 Å². The van der Waals surface area contributed by atoms with E-state index in [-0.39, 0.29) is 24.3 Å². The zero-order valence-electron chi connectivity index (χ0n) is 13.7. The van der Waals surface area contributed by atoms with Crippen LogP contribution in [0.2, 0.25) is 0 Å². The molecule has 0 bridgehead atoms. The van der Waals surface area contributed by atoms with Crippen LogP contribution in [0.4, 0.5) is 13.2 Å². The molecule has 0 radical (unpaired) electrons. The van der Waals surface area contributed by atoms with E-state index < -0.39 is 32.4 Å². The van der Waals surface area contributed by atoms with E-state index in [0.717, 1.165) is 12.1 Å². The molecule has 1 aliphatic rings. The highest BCUT2D eigenvalue weighted by Gasteiger charge is 2.46. The fraction of sp³-hybridized carbons (Fsp3) is 0.438. The van der Waals surface area contributed by atoms with Crippen LogP contribution in [0.1, 0.15) is 37.1 Å². The molecule has 2 unspecified atom stereocenters. The quantitative estimate of drug-likeness (QED) is 0.754. The van der Waals surface area contributed by atoms with E-state index >= 15 is 0 Å². The number of benzene rings is 1. The van der Waals surface area contributed by atoms with E-state index in [1.54, 1.807) is 13.0 Å². The Labute approximate surface area is 157 Å². The van der Waals surface area contributed by atoms with Gasteiger partial charge in [-0.15, -0.1) is 0 Å². The first-order chi connectivity index (χ1) is 12.0. The number of ether oxygens (including phenoxy) is 1. The second-order valence-corrected chi connectivity index (χ2v) is 9.71. The molecule has 1 aliphatic heterocycles. The molecule has 5 nitrogen and oxygen atoms in total. The van der Waals surface area contributed by atoms with Crippen LogP contribution < -0.4 is 0 Å². The van der Waals surface area contributed by atoms with Gasteiger partial charge in [-0.1, -0.05) is 6.07 Å². The first kappa shape index (κ1) is 19.4. The van der Waals surface area contributed by atoms with Crippen molar-refractivity contribution in [2.45, 2.75) is 41.7 Å². The maximum absolute atomic E-state index is 13.1. The highest BCUT2D eigenvalue weighted by Crippen LogP contribution is 2.42. The van der Waals surface area contributed by atoms with Crippen LogP contribution in [0.5, 0.6) is 0 Å². The summed E-state index contributed by atoms with van der Waals surface area (Å²) in [5.74, 6) is 0. The van der Waals surface area contributed by atoms with Gasteiger partial charge in [0.05, 0.1) is 20.9 Å². The summed E-state index contributed by atoms with van der Waals surface area (Å²) in [7, 11) is -4.00. The van der Waals surface area contributed by atoms with Crippen LogP contribution in [-0.4, -0.2) is 30.0 Å². The average Bonchev–Trinajstić information content (AvgIpc) is 3.01. The fourth-order valence-corrected chi connectivity index (χ4v) is 5.18. The van der Waals surface area contributed by atoms with Crippen molar-refractivity contribution in [3.8, 4) is 0 Å². The minimum absolute atomic E-state index is 0.111. The maximum Gasteiger partial charge on any atom is 0.416 e. The van der Waals surface area contributed by atoms with Gasteiger partial charge in [0.25, 0.3) is 0 Å². The summed E-state index contributed by atoms with van der Waals surface area (Å²) >= 11 is 3.21. The molecule has 2 atom stereocenters. The lowest BCUT2D eigenvalue weighted by Crippen LogP contribution is -2.42. The normalized spacial score (nSPS) is 24.6. The minimum atomic E-state index is -4.60. The van der Waals surface area contributed by atoms with Crippen LogP contribution in [-0.2, 0) is 20.8 Å². The molecule has 1 N–H and O–H groups in total. The number of aromatic amines is 1. The number of sulfone groups is 1. The lowest BCUT2D eigenvalue weighted by Gasteiger charge is -2.37. The molecule has 2 aromatic rings. The van der Waals surface area contributed by atoms with Gasteiger partial charge in [0.1, 0.15) is 10.7 Å². The zero-order valence-corrected chi connectivity index (χ0v) is 16.1. The monoisotopic (exact) mass is 452 g/mol. The van der Waals surface area contributed by atoms with Gasteiger partial charge in [0.2, 0.25) is 0 Å². The summed E-state index contributed by atoms with van der Waals surface area (Å²) in [5, 5.41) is 6.70. The summed E-state index contributed by atoms with van der Waals surface area (Å²) < 4.78 is 70.0. The Morgan fingerprint density at radius 3 is 2.69 bits per heavy atom. The number of nitrogens with one attached hydrogen (secondary N) is 1. The van der Waals surface area contributed by atoms with E-state index in [9.17, 15) is 21.6 Å². The summed E-state index contributed by atoms with van der Waals surface area (Å²) in [4.78, 5) is -0.332. The molecule has 2 heterocycles. The van der Waals surface area contributed by atoms with Crippen molar-refractivity contribution < 1.29 is 26.3 Å². The second kappa shape index (κ2) is 6.65. The van der Waals surface area contributed by atoms with Crippen molar-refractivity contribution in [2.75, 3.05) is 6.61 Å². The molecule has 0 amide bonds. The Hall–Kier alpha value is -1.39. The van der Waals surface area contributed by atoms with Crippen LogP contribution in [0.15, 0.2) is 39.8 Å². The van der Waals surface area contributed by atoms with Crippen molar-refractivity contribution in [3.63, 3.8) is 0 Å². The molecule has 1 fully saturated rings. The summed E-state index contributed by atoms with van der Waals surface area (Å²) in [6.45, 7) is 1.72. The standard InChI is InChI=1S/C16H16BrF3N2O3S/c1-15(5-6-25-13(9-15)12-8-14(17)22-21-12)26(23,24)11-4-2-3-10(7-11)16(18,19)20/h2-4,7-8,13H,5-6,9H2,1H3,(H,21,22). The third-order valence-electron chi connectivity index (χ3n) is 4.60. The zero-order chi connectivity index (χ0) is 19.2. The summed E-state index contributed by atoms with van der Waals surface area (Å²) in [6, 6.07) is 5.55. The molecule has 1 aromatic carbocycles. The second-order valence-electron chi connectivity index (χ2n) is 6.44. The van der Waals surface area contributed by atoms with Gasteiger partial charge < -0.3 is 4.74 Å². The van der Waals surface area contributed by atoms with Gasteiger partial charge in [0.15, 0.2) is 9.84 Å². The first-order valence-corrected chi connectivity index (χ1v) is 10.0. The Kier molecular flexibility index (Phi) is 4.95. The number of H-pyrrole nitrogens is 1. The van der Waals surface area contributed by atoms with Crippen LogP contribution >= 0.6 is 15.9 Å². The number of hydrogen-bond donors (Lipinski definition) is 1. The molecule has 0 aliphatic carbocycles. The van der Waals surface area contributed by atoms with Crippen molar-refractivity contribution in [2.24, 2.45) is 0 Å². The smallest absolute Gasteiger partial charge is 0.372 e. The predicted octanol–water partition coefficient (Wildman–Crippen LogP) is 4.28. The molecular formula is C16H16BrF3N2O3S. The Morgan fingerprint density at radius 1 is 1.35 bits per heavy atom. The fourth-order valence-electron chi connectivity index (χ4n) is 3.01. The summed E-state index contributed by atoms with van der Waals surface area (Å²) in [5.41, 5.74) is -0.370. The van der Waals surface area contributed by atoms with E-state index in [4.69, 9.17) is 4.74 Å². The lowest BCUT2D eigenvalue weighted by molar-refractivity contribution is -0.137. The Balaban J connectivity index is 1.95. The van der Waals surface area contributed by atoms with Gasteiger partial charge in [-0.05, 0) is 60.0 Å². The van der Waals surface area contributed by atoms with E-state index in [1.807, 2.05) is 0 Å². The van der Waals surface area contributed by atoms with Gasteiger partial charge >= 0.3 is 6.18 Å². The van der Waals surface area contributed by atoms with Gasteiger partial charge in [-0.2, -0.15) is 18.3 Å². The highest BCUT2D eigenvalue weighted by atomic mass is 79.9. The molecule has 1 aromatic heterocycles. The molecule has 0 saturated carbocycles. The van der Waals surface area contributed by atoms with Crippen molar-refractivity contribution in [1.82, 2.24) is 10.2 Å². The molecule has 10 heteroatoms. The Bertz CT molecular complexity index is 913. The van der Waals surface area contributed by atoms with Crippen molar-refractivity contribution in [1.29, 1.82) is 0 Å². The predicted molar refractivity (Wildman–Crippen MR) is 91.2 cm³/mol. The lowest BCUT2D eigenvalue weighted by atomic mass is 9.95. The van der Waals surface area contributed by atoms with Crippen LogP contribution in [0, 0.1) is 0 Å². The minimum Gasteiger partial charge on any atom is -0.372 e. The third kappa shape index (κ3) is 3.54. The molecule has 26 heavy (non-hydrogen) atoms. The average molecular weight is 453 g/mol. The SMILES string of the molecule is CC1(S(=O)(=O)c2cccc(C(F)(F)F)c2)CCOC(c2cc(Br)n[nH]2)C1. The molecule has 0 spiro atoms. The molecular weight excluding hydrogens is 437 g/mol. The molecule has 1 saturated heterocycles. The number of hydrogen-bond acceptors (Lipinski definition) is 4. The van der Waals surface area contributed by atoms with Crippen LogP contribution in [0.3, 0.4) is 0 Å². The Morgan fingerprint density at radius 2 is 2.08 bits per heavy atom. The number of alkyl halides is 3. The molecule has 3 rings (SSSR count). The van der Waals surface area contributed by atoms with Crippen molar-refractivity contribution in [3.05, 3.63) is 46.2 Å². The van der Waals surface area contributed by atoms with Gasteiger partial charge in [-0.3, -0.25) is 5.10 Å². The molecule has 142 valence electrons.